The van der Waals surface area contributed by atoms with Crippen molar-refractivity contribution in [1.82, 2.24) is 94.6 Å². The van der Waals surface area contributed by atoms with E-state index >= 15 is 9.59 Å². The highest BCUT2D eigenvalue weighted by atomic mass is 32.1. The molecule has 2 aromatic heterocycles. The second-order valence-electron chi connectivity index (χ2n) is 30.9. The van der Waals surface area contributed by atoms with E-state index < -0.39 is 235 Å². The van der Waals surface area contributed by atoms with Gasteiger partial charge in [0.15, 0.2) is 11.9 Å². The van der Waals surface area contributed by atoms with Crippen LogP contribution in [0.25, 0.3) is 21.8 Å². The Morgan fingerprint density at radius 3 is 1.23 bits per heavy atom. The first-order valence-corrected chi connectivity index (χ1v) is 42.7. The van der Waals surface area contributed by atoms with Crippen molar-refractivity contribution in [3.8, 4) is 11.5 Å². The third-order valence-electron chi connectivity index (χ3n) is 20.9. The first kappa shape index (κ1) is 103. The maximum atomic E-state index is 15.3. The normalized spacial score (nSPS) is 15.5. The molecular formula is C83H113N23O22S2. The van der Waals surface area contributed by atoms with Gasteiger partial charge in [0.25, 0.3) is 0 Å². The molecule has 130 heavy (non-hydrogen) atoms. The van der Waals surface area contributed by atoms with E-state index in [0.717, 1.165) is 25.7 Å². The number of aromatic nitrogens is 2. The third-order valence-corrected chi connectivity index (χ3v) is 21.7. The number of phenolic OH excluding ortho intramolecular Hbond substituents is 2. The number of aromatic hydroxyl groups is 2. The van der Waals surface area contributed by atoms with Gasteiger partial charge in [0.1, 0.15) is 90.0 Å². The molecule has 1 fully saturated rings. The number of carbonyl (C=O) groups excluding carboxylic acids is 15. The number of carboxylic acids is 1. The molecule has 704 valence electrons. The van der Waals surface area contributed by atoms with Crippen molar-refractivity contribution >= 4 is 154 Å². The number of hydrogen-bond donors (Lipinski definition) is 30. The predicted molar refractivity (Wildman–Crippen MR) is 477 cm³/mol. The summed E-state index contributed by atoms with van der Waals surface area (Å²) in [5, 5.41) is 116. The Morgan fingerprint density at radius 2 is 0.831 bits per heavy atom. The molecule has 6 aromatic rings. The molecule has 4 aromatic carbocycles. The average molecular weight is 1850 g/mol. The number of aliphatic hydroxyl groups excluding tert-OH is 3. The largest absolute Gasteiger partial charge is 0.508 e. The first-order chi connectivity index (χ1) is 61.8. The molecule has 47 heteroatoms. The van der Waals surface area contributed by atoms with Crippen molar-refractivity contribution in [2.24, 2.45) is 17.2 Å². The minimum absolute atomic E-state index is 0.0345. The number of fused-ring (bicyclic) bond motifs is 2. The van der Waals surface area contributed by atoms with Crippen LogP contribution in [-0.2, 0) is 102 Å². The zero-order valence-corrected chi connectivity index (χ0v) is 73.1. The van der Waals surface area contributed by atoms with Crippen LogP contribution in [0.1, 0.15) is 94.4 Å². The Morgan fingerprint density at radius 1 is 0.462 bits per heavy atom. The summed E-state index contributed by atoms with van der Waals surface area (Å²) in [7, 11) is 0. The van der Waals surface area contributed by atoms with Crippen LogP contribution >= 0.6 is 25.3 Å². The lowest BCUT2D eigenvalue weighted by Crippen LogP contribution is -2.62. The minimum atomic E-state index is -1.95. The summed E-state index contributed by atoms with van der Waals surface area (Å²) >= 11 is 8.51. The highest BCUT2D eigenvalue weighted by Gasteiger charge is 2.41. The zero-order valence-electron chi connectivity index (χ0n) is 71.3. The van der Waals surface area contributed by atoms with Gasteiger partial charge in [-0.15, -0.1) is 0 Å². The third kappa shape index (κ3) is 31.9. The number of nitrogens with two attached hydrogens (primary N) is 3. The second-order valence-corrected chi connectivity index (χ2v) is 31.7. The van der Waals surface area contributed by atoms with Crippen LogP contribution in [0.2, 0.25) is 0 Å². The quantitative estimate of drug-likeness (QED) is 0.00731. The fourth-order valence-electron chi connectivity index (χ4n) is 14.1. The van der Waals surface area contributed by atoms with Crippen molar-refractivity contribution in [1.29, 1.82) is 10.8 Å². The highest BCUT2D eigenvalue weighted by molar-refractivity contribution is 7.80. The van der Waals surface area contributed by atoms with Crippen LogP contribution in [0, 0.1) is 10.8 Å². The summed E-state index contributed by atoms with van der Waals surface area (Å²) in [6.07, 6.45) is -3.46. The van der Waals surface area contributed by atoms with E-state index in [9.17, 15) is 97.8 Å². The van der Waals surface area contributed by atoms with Gasteiger partial charge in [0, 0.05) is 104 Å². The minimum Gasteiger partial charge on any atom is -0.508 e. The van der Waals surface area contributed by atoms with E-state index in [0.29, 0.717) is 44.9 Å². The molecule has 3 heterocycles. The Hall–Kier alpha value is -13.8. The summed E-state index contributed by atoms with van der Waals surface area (Å²) in [6, 6.07) is 3.01. The molecule has 0 saturated carbocycles. The van der Waals surface area contributed by atoms with Crippen molar-refractivity contribution in [3.63, 3.8) is 0 Å². The number of carboxylic acid groups (broad SMARTS) is 1. The van der Waals surface area contributed by atoms with E-state index in [-0.39, 0.29) is 93.8 Å². The number of benzene rings is 4. The lowest BCUT2D eigenvalue weighted by Gasteiger charge is -2.29. The number of thiol groups is 2. The number of para-hydroxylation sites is 2. The number of H-pyrrole nitrogens is 2. The fraction of sp³-hybridized carbons (Fsp3) is 0.446. The number of phenols is 2. The topological polar surface area (TPSA) is 736 Å². The van der Waals surface area contributed by atoms with E-state index in [4.69, 9.17) is 28.0 Å². The number of hydrogen-bond acceptors (Lipinski definition) is 25. The van der Waals surface area contributed by atoms with E-state index in [1.165, 1.54) is 54.7 Å². The molecule has 1 saturated heterocycles. The number of carbonyl (C=O) groups is 16. The molecule has 31 N–H and O–H groups in total. The second kappa shape index (κ2) is 50.7. The molecule has 15 amide bonds. The molecule has 0 bridgehead atoms. The van der Waals surface area contributed by atoms with E-state index in [1.807, 2.05) is 0 Å². The molecular weight excluding hydrogens is 1740 g/mol. The van der Waals surface area contributed by atoms with Crippen LogP contribution in [0.4, 0.5) is 0 Å². The number of rotatable bonds is 51. The SMILES string of the molecule is CC(=O)N[C@@H](CS)C(=O)N[C@@H](CCCNC(=N)N)C(=O)N[C@H](C(=O)N[C@@H](Cc1c[nH]c2ccccc12)C(=O)N[C@@H](CCC(=O)O)C(=O)N[C@@H](CS)C(=O)N[C@@H](Cc1ccc(O)cc1)C(=O)N[C@@H](Cc1c[nH]c2ccccc12)C(=O)N[C@@H](CCCNC(=N)N)C(=O)N[C@H](C(=O)N[C@@H](Cc1ccc(O)cc1)C(=O)NCC(=O)N1CCC[C@H]1C(=O)N[C@@H](CO)C(N)=O)[C@@H](C)O)[C@@H](C)O. The first-order valence-electron chi connectivity index (χ1n) is 41.5. The molecule has 45 nitrogen and oxygen atoms in total. The van der Waals surface area contributed by atoms with Gasteiger partial charge < -0.3 is 142 Å². The van der Waals surface area contributed by atoms with Crippen LogP contribution < -0.4 is 97.0 Å². The number of nitrogens with zero attached hydrogens (tertiary/aromatic N) is 1. The summed E-state index contributed by atoms with van der Waals surface area (Å²) < 4.78 is 0. The van der Waals surface area contributed by atoms with Gasteiger partial charge in [-0.25, -0.2) is 0 Å². The van der Waals surface area contributed by atoms with Gasteiger partial charge in [-0.2, -0.15) is 25.3 Å². The zero-order chi connectivity index (χ0) is 95.6. The van der Waals surface area contributed by atoms with Gasteiger partial charge >= 0.3 is 5.97 Å². The highest BCUT2D eigenvalue weighted by Crippen LogP contribution is 2.24. The van der Waals surface area contributed by atoms with Crippen molar-refractivity contribution in [3.05, 3.63) is 132 Å². The summed E-state index contributed by atoms with van der Waals surface area (Å²) in [4.78, 5) is 232. The Balaban J connectivity index is 1.15. The van der Waals surface area contributed by atoms with Gasteiger partial charge in [-0.3, -0.25) is 87.5 Å². The lowest BCUT2D eigenvalue weighted by atomic mass is 10.0. The van der Waals surface area contributed by atoms with Gasteiger partial charge in [-0.05, 0) is 117 Å². The Kier molecular flexibility index (Phi) is 40.2. The molecule has 0 aliphatic carbocycles. The molecule has 0 radical (unpaired) electrons. The number of nitrogens with one attached hydrogen (secondary N) is 19. The summed E-state index contributed by atoms with van der Waals surface area (Å²) in [6.45, 7) is 1.83. The van der Waals surface area contributed by atoms with Crippen molar-refractivity contribution < 1.29 is 107 Å². The lowest BCUT2D eigenvalue weighted by molar-refractivity contribution is -0.140. The van der Waals surface area contributed by atoms with E-state index in [1.54, 1.807) is 54.7 Å². The maximum Gasteiger partial charge on any atom is 0.303 e. The average Bonchev–Trinajstić information content (AvgIpc) is 1.65. The summed E-state index contributed by atoms with van der Waals surface area (Å²) in [5.41, 5.74) is 18.9. The van der Waals surface area contributed by atoms with Crippen LogP contribution in [0.5, 0.6) is 11.5 Å². The molecule has 1 aliphatic rings. The number of aliphatic carboxylic acids is 1. The Bertz CT molecular complexity index is 5020. The standard InChI is InChI=1S/C83H113N23O22S2/c1-41(108)67(80(127)100-57(31-44-18-22-48(111)23-19-44)70(117)93-37-65(113)106-30-10-17-64(106)79(126)102-61(38-107)69(84)116)104-72(119)54(15-8-28-89-82(85)86)95-75(122)59(33-46-35-91-52-13-6-4-11-50(46)52)99-74(121)58(32-45-20-24-49(112)25-21-45)98-78(125)63(40-130)103-71(118)56(26-27-66(114)115)97-76(123)60(34-47-36-92-53-14-7-5-12-51(47)53)101-81(128)68(42(2)109)105-73(120)55(16-9-29-90-83(87)88)96-77(124)62(39-129)94-43(3)110/h4-7,11-14,18-25,35-36,41-42,54-64,67-68,91-92,107-109,111-112,129-130H,8-10,15-17,26-34,37-40H2,1-3H3,(H2,84,116)(H,93,117)(H,94,110)(H,95,122)(H,96,124)(H,97,123)(H,98,125)(H,99,121)(H,100,127)(H,101,128)(H,102,126)(H,103,118)(H,104,119)(H,105,120)(H,114,115)(H4,85,86,89)(H4,87,88,90)/t41-,42-,54+,55+,56+,57+,58+,59+,60+,61+,62+,63+,64+,67+,68+/m1/s1. The smallest absolute Gasteiger partial charge is 0.303 e. The number of aliphatic hydroxyl groups is 3. The number of aromatic amines is 2. The fourth-order valence-corrected chi connectivity index (χ4v) is 14.6. The molecule has 0 spiro atoms. The van der Waals surface area contributed by atoms with Gasteiger partial charge in [0.05, 0.1) is 25.4 Å². The predicted octanol–water partition coefficient (Wildman–Crippen LogP) is -6.23. The number of primary amides is 1. The van der Waals surface area contributed by atoms with Crippen LogP contribution in [0.15, 0.2) is 109 Å². The van der Waals surface area contributed by atoms with Crippen molar-refractivity contribution in [2.75, 3.05) is 44.3 Å². The van der Waals surface area contributed by atoms with E-state index in [2.05, 4.69) is 115 Å². The van der Waals surface area contributed by atoms with Gasteiger partial charge in [0.2, 0.25) is 88.6 Å². The number of guanidine groups is 2. The number of amides is 15. The van der Waals surface area contributed by atoms with Crippen molar-refractivity contribution in [2.45, 2.75) is 189 Å². The van der Waals surface area contributed by atoms with Crippen LogP contribution in [-0.4, -0.2) is 287 Å². The summed E-state index contributed by atoms with van der Waals surface area (Å²) in [5.74, 6) is -18.8. The Labute approximate surface area is 756 Å². The molecule has 15 atom stereocenters. The number of likely N-dealkylation sites (tertiary alicyclic amines) is 1. The molecule has 7 rings (SSSR count). The van der Waals surface area contributed by atoms with Gasteiger partial charge in [-0.1, -0.05) is 60.7 Å². The van der Waals surface area contributed by atoms with Crippen LogP contribution in [0.3, 0.4) is 0 Å². The maximum absolute atomic E-state index is 15.3. The molecule has 1 aliphatic heterocycles. The molecule has 0 unspecified atom stereocenters. The monoisotopic (exact) mass is 1850 g/mol.